The van der Waals surface area contributed by atoms with Gasteiger partial charge in [0.05, 0.1) is 10.0 Å². The maximum Gasteiger partial charge on any atom is 0.213 e. The van der Waals surface area contributed by atoms with Crippen LogP contribution in [0.4, 0.5) is 0 Å². The second kappa shape index (κ2) is 11.2. The Morgan fingerprint density at radius 2 is 1.80 bits per heavy atom. The normalized spacial score (nSPS) is 19.1. The van der Waals surface area contributed by atoms with E-state index in [1.165, 1.54) is 11.1 Å². The summed E-state index contributed by atoms with van der Waals surface area (Å²) in [5, 5.41) is 1.17. The van der Waals surface area contributed by atoms with Gasteiger partial charge in [0, 0.05) is 49.3 Å². The molecule has 6 heteroatoms. The van der Waals surface area contributed by atoms with Gasteiger partial charge in [-0.25, -0.2) is 4.98 Å². The Bertz CT molecular complexity index is 1200. The predicted octanol–water partition coefficient (Wildman–Crippen LogP) is 7.30. The van der Waals surface area contributed by atoms with Crippen molar-refractivity contribution in [3.05, 3.63) is 93.6 Å². The highest BCUT2D eigenvalue weighted by Crippen LogP contribution is 2.38. The van der Waals surface area contributed by atoms with E-state index in [4.69, 9.17) is 27.9 Å². The molecule has 0 bridgehead atoms. The monoisotopic (exact) mass is 522 g/mol. The third-order valence-corrected chi connectivity index (χ3v) is 7.90. The van der Waals surface area contributed by atoms with Crippen LogP contribution in [-0.4, -0.2) is 37.2 Å². The van der Waals surface area contributed by atoms with Gasteiger partial charge < -0.3 is 4.74 Å². The lowest BCUT2D eigenvalue weighted by molar-refractivity contribution is 0.138. The van der Waals surface area contributed by atoms with Crippen LogP contribution < -0.4 is 4.74 Å². The molecule has 2 aromatic carbocycles. The van der Waals surface area contributed by atoms with E-state index in [1.54, 1.807) is 0 Å². The lowest BCUT2D eigenvalue weighted by Gasteiger charge is -2.26. The lowest BCUT2D eigenvalue weighted by atomic mass is 9.86. The molecular formula is C29H32Cl2N2OSi. The van der Waals surface area contributed by atoms with Crippen molar-refractivity contribution in [1.82, 2.24) is 9.88 Å². The molecule has 1 saturated heterocycles. The van der Waals surface area contributed by atoms with Crippen LogP contribution in [0.25, 0.3) is 0 Å². The minimum atomic E-state index is -1.42. The topological polar surface area (TPSA) is 25.4 Å². The standard InChI is InChI=1S/C29H32Cl2N2OSi/c1-21(34-29-13-10-22(17-32-29)14-15-35(2,3)4)25-19-33(18-23-8-6-5-7-9-23)20-26(25)24-11-12-27(30)28(31)16-24/h5-13,16-17,21,25-26H,18-20H2,1-4H3. The minimum absolute atomic E-state index is 0.0263. The van der Waals surface area contributed by atoms with Crippen molar-refractivity contribution in [3.63, 3.8) is 0 Å². The number of benzene rings is 2. The van der Waals surface area contributed by atoms with E-state index < -0.39 is 8.07 Å². The molecule has 2 heterocycles. The molecule has 0 amide bonds. The Balaban J connectivity index is 1.51. The highest BCUT2D eigenvalue weighted by atomic mass is 35.5. The minimum Gasteiger partial charge on any atom is -0.474 e. The van der Waals surface area contributed by atoms with Gasteiger partial charge in [0.15, 0.2) is 0 Å². The number of pyridine rings is 1. The quantitative estimate of drug-likeness (QED) is 0.250. The van der Waals surface area contributed by atoms with Gasteiger partial charge in [-0.15, -0.1) is 5.54 Å². The van der Waals surface area contributed by atoms with Crippen molar-refractivity contribution < 1.29 is 4.74 Å². The molecule has 35 heavy (non-hydrogen) atoms. The van der Waals surface area contributed by atoms with Gasteiger partial charge in [-0.1, -0.05) is 85.2 Å². The van der Waals surface area contributed by atoms with Crippen molar-refractivity contribution in [2.45, 2.75) is 45.1 Å². The van der Waals surface area contributed by atoms with Crippen molar-refractivity contribution in [2.24, 2.45) is 5.92 Å². The Labute approximate surface area is 220 Å². The SMILES string of the molecule is CC(Oc1ccc(C#C[Si](C)(C)C)cn1)C1CN(Cc2ccccc2)CC1c1ccc(Cl)c(Cl)c1. The molecule has 3 atom stereocenters. The van der Waals surface area contributed by atoms with Gasteiger partial charge in [0.1, 0.15) is 14.2 Å². The van der Waals surface area contributed by atoms with Gasteiger partial charge in [-0.2, -0.15) is 0 Å². The first kappa shape index (κ1) is 25.8. The highest BCUT2D eigenvalue weighted by molar-refractivity contribution is 6.83. The van der Waals surface area contributed by atoms with E-state index in [-0.39, 0.29) is 17.9 Å². The number of rotatable bonds is 6. The van der Waals surface area contributed by atoms with E-state index in [9.17, 15) is 0 Å². The first-order valence-corrected chi connectivity index (χ1v) is 16.3. The maximum absolute atomic E-state index is 6.39. The van der Waals surface area contributed by atoms with Gasteiger partial charge in [0.2, 0.25) is 5.88 Å². The molecule has 4 rings (SSSR count). The summed E-state index contributed by atoms with van der Waals surface area (Å²) in [5.41, 5.74) is 6.82. The average molecular weight is 524 g/mol. The zero-order valence-corrected chi connectivity index (χ0v) is 23.3. The Hall–Kier alpha value is -2.29. The number of hydrogen-bond donors (Lipinski definition) is 0. The fraction of sp³-hybridized carbons (Fsp3) is 0.345. The van der Waals surface area contributed by atoms with E-state index in [1.807, 2.05) is 30.5 Å². The molecule has 1 fully saturated rings. The highest BCUT2D eigenvalue weighted by Gasteiger charge is 2.38. The maximum atomic E-state index is 6.39. The van der Waals surface area contributed by atoms with Crippen LogP contribution in [0.3, 0.4) is 0 Å². The Morgan fingerprint density at radius 3 is 2.46 bits per heavy atom. The van der Waals surface area contributed by atoms with Crippen LogP contribution in [0.15, 0.2) is 66.9 Å². The summed E-state index contributed by atoms with van der Waals surface area (Å²) in [6.07, 6.45) is 1.78. The molecule has 1 aromatic heterocycles. The van der Waals surface area contributed by atoms with Crippen molar-refractivity contribution in [2.75, 3.05) is 13.1 Å². The smallest absolute Gasteiger partial charge is 0.213 e. The second-order valence-corrected chi connectivity index (χ2v) is 15.9. The van der Waals surface area contributed by atoms with Crippen LogP contribution in [0.1, 0.15) is 29.5 Å². The molecule has 3 nitrogen and oxygen atoms in total. The zero-order valence-electron chi connectivity index (χ0n) is 20.8. The van der Waals surface area contributed by atoms with Crippen LogP contribution in [-0.2, 0) is 6.54 Å². The summed E-state index contributed by atoms with van der Waals surface area (Å²) in [6, 6.07) is 20.5. The number of aromatic nitrogens is 1. The molecule has 0 N–H and O–H groups in total. The van der Waals surface area contributed by atoms with E-state index in [0.29, 0.717) is 15.9 Å². The number of ether oxygens (including phenoxy) is 1. The van der Waals surface area contributed by atoms with Gasteiger partial charge in [-0.05, 0) is 36.2 Å². The number of hydrogen-bond acceptors (Lipinski definition) is 3. The van der Waals surface area contributed by atoms with E-state index in [0.717, 1.165) is 25.2 Å². The first-order valence-electron chi connectivity index (χ1n) is 12.0. The molecular weight excluding hydrogens is 491 g/mol. The van der Waals surface area contributed by atoms with Crippen LogP contribution in [0, 0.1) is 17.4 Å². The fourth-order valence-electron chi connectivity index (χ4n) is 4.52. The summed E-state index contributed by atoms with van der Waals surface area (Å²) in [4.78, 5) is 7.04. The summed E-state index contributed by atoms with van der Waals surface area (Å²) >= 11 is 12.6. The van der Waals surface area contributed by atoms with Crippen LogP contribution in [0.5, 0.6) is 5.88 Å². The molecule has 0 aliphatic carbocycles. The van der Waals surface area contributed by atoms with Crippen LogP contribution in [0.2, 0.25) is 29.7 Å². The summed E-state index contributed by atoms with van der Waals surface area (Å²) < 4.78 is 6.37. The van der Waals surface area contributed by atoms with Crippen molar-refractivity contribution >= 4 is 31.3 Å². The molecule has 0 spiro atoms. The largest absolute Gasteiger partial charge is 0.474 e. The van der Waals surface area contributed by atoms with Gasteiger partial charge in [0.25, 0.3) is 0 Å². The van der Waals surface area contributed by atoms with Crippen LogP contribution >= 0.6 is 23.2 Å². The first-order chi connectivity index (χ1) is 16.7. The molecule has 1 aliphatic heterocycles. The van der Waals surface area contributed by atoms with E-state index in [2.05, 4.69) is 84.3 Å². The molecule has 0 saturated carbocycles. The number of nitrogens with zero attached hydrogens (tertiary/aromatic N) is 2. The fourth-order valence-corrected chi connectivity index (χ4v) is 5.34. The summed E-state index contributed by atoms with van der Waals surface area (Å²) in [7, 11) is -1.42. The summed E-state index contributed by atoms with van der Waals surface area (Å²) in [5.74, 6) is 4.45. The molecule has 0 radical (unpaired) electrons. The van der Waals surface area contributed by atoms with Crippen molar-refractivity contribution in [3.8, 4) is 17.3 Å². The summed E-state index contributed by atoms with van der Waals surface area (Å²) in [6.45, 7) is 11.6. The van der Waals surface area contributed by atoms with Gasteiger partial charge >= 0.3 is 0 Å². The second-order valence-electron chi connectivity index (χ2n) is 10.3. The third-order valence-electron chi connectivity index (χ3n) is 6.29. The van der Waals surface area contributed by atoms with Crippen molar-refractivity contribution in [1.29, 1.82) is 0 Å². The van der Waals surface area contributed by atoms with Gasteiger partial charge in [-0.3, -0.25) is 4.90 Å². The molecule has 182 valence electrons. The Morgan fingerprint density at radius 1 is 1.03 bits per heavy atom. The predicted molar refractivity (Wildman–Crippen MR) is 149 cm³/mol. The number of likely N-dealkylation sites (tertiary alicyclic amines) is 1. The van der Waals surface area contributed by atoms with E-state index >= 15 is 0 Å². The third kappa shape index (κ3) is 7.12. The molecule has 1 aliphatic rings. The Kier molecular flexibility index (Phi) is 8.24. The average Bonchev–Trinajstić information content (AvgIpc) is 3.24. The number of halogens is 2. The zero-order chi connectivity index (χ0) is 25.0. The lowest BCUT2D eigenvalue weighted by Crippen LogP contribution is -2.30. The molecule has 3 aromatic rings. The molecule has 3 unspecified atom stereocenters.